The van der Waals surface area contributed by atoms with E-state index in [9.17, 15) is 13.2 Å². The number of pyridine rings is 1. The molecule has 0 aliphatic heterocycles. The van der Waals surface area contributed by atoms with E-state index in [0.29, 0.717) is 16.1 Å². The summed E-state index contributed by atoms with van der Waals surface area (Å²) in [6, 6.07) is 1.40. The van der Waals surface area contributed by atoms with Crippen LogP contribution in [0.1, 0.15) is 49.4 Å². The molecule has 11 heteroatoms. The molecular formula is C16H18F3N7S. The first-order valence-electron chi connectivity index (χ1n) is 8.67. The van der Waals surface area contributed by atoms with Crippen molar-refractivity contribution in [2.75, 3.05) is 5.73 Å². The zero-order valence-electron chi connectivity index (χ0n) is 14.3. The van der Waals surface area contributed by atoms with Crippen LogP contribution in [0.5, 0.6) is 0 Å². The Hall–Kier alpha value is -2.30. The number of hydrogen-bond donors (Lipinski definition) is 2. The molecule has 3 aromatic rings. The van der Waals surface area contributed by atoms with Crippen LogP contribution in [0.2, 0.25) is 0 Å². The Balaban J connectivity index is 1.63. The molecule has 0 bridgehead atoms. The summed E-state index contributed by atoms with van der Waals surface area (Å²) in [7, 11) is 0. The number of hydrogen-bond acceptors (Lipinski definition) is 6. The van der Waals surface area contributed by atoms with Crippen LogP contribution in [-0.2, 0) is 11.9 Å². The van der Waals surface area contributed by atoms with Crippen molar-refractivity contribution < 1.29 is 13.2 Å². The molecule has 0 atom stereocenters. The fourth-order valence-corrected chi connectivity index (χ4v) is 4.51. The lowest BCUT2D eigenvalue weighted by Crippen LogP contribution is -2.22. The van der Waals surface area contributed by atoms with E-state index < -0.39 is 11.9 Å². The third-order valence-electron chi connectivity index (χ3n) is 4.72. The normalized spacial score (nSPS) is 16.3. The Kier molecular flexibility index (Phi) is 4.70. The lowest BCUT2D eigenvalue weighted by Gasteiger charge is -2.25. The van der Waals surface area contributed by atoms with Crippen LogP contribution in [0.15, 0.2) is 17.2 Å². The van der Waals surface area contributed by atoms with Crippen LogP contribution < -0.4 is 5.73 Å². The predicted octanol–water partition coefficient (Wildman–Crippen LogP) is 3.95. The first-order valence-corrected chi connectivity index (χ1v) is 9.65. The average Bonchev–Trinajstić information content (AvgIpc) is 3.26. The zero-order chi connectivity index (χ0) is 19.0. The smallest absolute Gasteiger partial charge is 0.384 e. The quantitative estimate of drug-likeness (QED) is 0.647. The van der Waals surface area contributed by atoms with Crippen molar-refractivity contribution >= 4 is 28.7 Å². The number of rotatable bonds is 4. The molecule has 0 spiro atoms. The Bertz CT molecular complexity index is 943. The van der Waals surface area contributed by atoms with E-state index in [4.69, 9.17) is 5.73 Å². The number of halogens is 3. The summed E-state index contributed by atoms with van der Waals surface area (Å²) in [6.07, 6.45) is 1.28. The van der Waals surface area contributed by atoms with E-state index >= 15 is 0 Å². The summed E-state index contributed by atoms with van der Waals surface area (Å²) < 4.78 is 42.5. The molecule has 3 N–H and O–H groups in total. The number of nitrogens with zero attached hydrogens (tertiary/aromatic N) is 5. The van der Waals surface area contributed by atoms with Crippen molar-refractivity contribution in [1.82, 2.24) is 30.2 Å². The predicted molar refractivity (Wildman–Crippen MR) is 95.0 cm³/mol. The van der Waals surface area contributed by atoms with Gasteiger partial charge in [0.15, 0.2) is 0 Å². The molecule has 3 aromatic heterocycles. The summed E-state index contributed by atoms with van der Waals surface area (Å²) in [5.41, 5.74) is 6.08. The highest BCUT2D eigenvalue weighted by molar-refractivity contribution is 7.98. The van der Waals surface area contributed by atoms with Gasteiger partial charge >= 0.3 is 6.18 Å². The van der Waals surface area contributed by atoms with Gasteiger partial charge in [-0.05, 0) is 18.9 Å². The standard InChI is InChI=1S/C16H18F3N7S/c17-16(18,19)14-9(7-21-26(14)10-4-2-1-3-5-10)8-27-11-6-12(20)22-15-13(11)23-25-24-15/h6-7,10H,1-5,8H2,(H3,20,22,23,24,25). The van der Waals surface area contributed by atoms with E-state index in [-0.39, 0.29) is 23.2 Å². The maximum atomic E-state index is 13.8. The number of anilines is 1. The highest BCUT2D eigenvalue weighted by Gasteiger charge is 2.39. The molecule has 4 rings (SSSR count). The van der Waals surface area contributed by atoms with E-state index in [1.54, 1.807) is 6.07 Å². The van der Waals surface area contributed by atoms with Crippen LogP contribution in [0.4, 0.5) is 19.0 Å². The minimum atomic E-state index is -4.45. The van der Waals surface area contributed by atoms with E-state index in [0.717, 1.165) is 32.1 Å². The zero-order valence-corrected chi connectivity index (χ0v) is 15.1. The van der Waals surface area contributed by atoms with Crippen LogP contribution in [0, 0.1) is 0 Å². The fourth-order valence-electron chi connectivity index (χ4n) is 3.51. The molecule has 1 fully saturated rings. The maximum absolute atomic E-state index is 13.8. The number of nitrogen functional groups attached to an aromatic ring is 1. The van der Waals surface area contributed by atoms with Crippen molar-refractivity contribution in [2.24, 2.45) is 0 Å². The molecule has 27 heavy (non-hydrogen) atoms. The highest BCUT2D eigenvalue weighted by atomic mass is 32.2. The summed E-state index contributed by atoms with van der Waals surface area (Å²) in [6.45, 7) is 0. The molecule has 0 amide bonds. The fraction of sp³-hybridized carbons (Fsp3) is 0.500. The van der Waals surface area contributed by atoms with Crippen LogP contribution in [-0.4, -0.2) is 30.2 Å². The Labute approximate surface area is 156 Å². The summed E-state index contributed by atoms with van der Waals surface area (Å²) in [4.78, 5) is 4.67. The Morgan fingerprint density at radius 1 is 1.22 bits per heavy atom. The molecule has 7 nitrogen and oxygen atoms in total. The largest absolute Gasteiger partial charge is 0.433 e. The number of alkyl halides is 3. The van der Waals surface area contributed by atoms with Gasteiger partial charge in [0.25, 0.3) is 0 Å². The van der Waals surface area contributed by atoms with Crippen molar-refractivity contribution in [3.05, 3.63) is 23.5 Å². The van der Waals surface area contributed by atoms with Gasteiger partial charge in [-0.3, -0.25) is 4.68 Å². The Morgan fingerprint density at radius 3 is 2.74 bits per heavy atom. The summed E-state index contributed by atoms with van der Waals surface area (Å²) >= 11 is 1.22. The molecule has 0 aromatic carbocycles. The molecule has 0 unspecified atom stereocenters. The van der Waals surface area contributed by atoms with Gasteiger partial charge in [-0.15, -0.1) is 16.9 Å². The van der Waals surface area contributed by atoms with Crippen molar-refractivity contribution in [3.8, 4) is 0 Å². The molecule has 3 heterocycles. The number of nitrogens with two attached hydrogens (primary N) is 1. The van der Waals surface area contributed by atoms with E-state index in [2.05, 4.69) is 25.5 Å². The van der Waals surface area contributed by atoms with Gasteiger partial charge in [0.1, 0.15) is 17.0 Å². The molecule has 1 aliphatic rings. The second kappa shape index (κ2) is 7.02. The number of H-pyrrole nitrogens is 1. The molecule has 1 saturated carbocycles. The molecule has 144 valence electrons. The third kappa shape index (κ3) is 3.60. The maximum Gasteiger partial charge on any atom is 0.433 e. The van der Waals surface area contributed by atoms with Gasteiger partial charge < -0.3 is 5.73 Å². The second-order valence-electron chi connectivity index (χ2n) is 6.58. The van der Waals surface area contributed by atoms with Crippen molar-refractivity contribution in [1.29, 1.82) is 0 Å². The van der Waals surface area contributed by atoms with Crippen molar-refractivity contribution in [2.45, 2.75) is 55.0 Å². The number of aromatic nitrogens is 6. The van der Waals surface area contributed by atoms with Gasteiger partial charge in [-0.1, -0.05) is 19.3 Å². The third-order valence-corrected chi connectivity index (χ3v) is 5.80. The first-order chi connectivity index (χ1) is 12.9. The molecule has 0 radical (unpaired) electrons. The summed E-state index contributed by atoms with van der Waals surface area (Å²) in [5.74, 6) is 0.348. The topological polar surface area (TPSA) is 98.3 Å². The monoisotopic (exact) mass is 397 g/mol. The average molecular weight is 397 g/mol. The second-order valence-corrected chi connectivity index (χ2v) is 7.60. The van der Waals surface area contributed by atoms with E-state index in [1.807, 2.05) is 0 Å². The SMILES string of the molecule is Nc1cc(SCc2cnn(C3CCCCC3)c2C(F)(F)F)c2n[nH]nc2n1. The van der Waals surface area contributed by atoms with Gasteiger partial charge in [0.2, 0.25) is 5.65 Å². The van der Waals surface area contributed by atoms with Gasteiger partial charge in [0.05, 0.1) is 12.2 Å². The number of fused-ring (bicyclic) bond motifs is 1. The number of aromatic amines is 1. The molecular weight excluding hydrogens is 379 g/mol. The minimum absolute atomic E-state index is 0.104. The molecule has 0 saturated heterocycles. The lowest BCUT2D eigenvalue weighted by atomic mass is 9.95. The van der Waals surface area contributed by atoms with E-state index in [1.165, 1.54) is 22.6 Å². The first kappa shape index (κ1) is 18.1. The number of thioether (sulfide) groups is 1. The number of nitrogens with one attached hydrogen (secondary N) is 1. The van der Waals surface area contributed by atoms with Crippen LogP contribution >= 0.6 is 11.8 Å². The lowest BCUT2D eigenvalue weighted by molar-refractivity contribution is -0.145. The van der Waals surface area contributed by atoms with Gasteiger partial charge in [-0.25, -0.2) is 4.98 Å². The van der Waals surface area contributed by atoms with Crippen LogP contribution in [0.25, 0.3) is 11.2 Å². The summed E-state index contributed by atoms with van der Waals surface area (Å²) in [5, 5.41) is 14.4. The molecule has 1 aliphatic carbocycles. The Morgan fingerprint density at radius 2 is 2.00 bits per heavy atom. The minimum Gasteiger partial charge on any atom is -0.384 e. The van der Waals surface area contributed by atoms with Gasteiger partial charge in [-0.2, -0.15) is 28.6 Å². The van der Waals surface area contributed by atoms with Crippen LogP contribution in [0.3, 0.4) is 0 Å². The van der Waals surface area contributed by atoms with Crippen molar-refractivity contribution in [3.63, 3.8) is 0 Å². The highest BCUT2D eigenvalue weighted by Crippen LogP contribution is 2.39. The van der Waals surface area contributed by atoms with Gasteiger partial charge in [0, 0.05) is 16.2 Å².